The number of hydrogen-bond acceptors (Lipinski definition) is 3. The van der Waals surface area contributed by atoms with Crippen LogP contribution in [0.25, 0.3) is 16.5 Å². The molecule has 5 heteroatoms. The molecular formula is C15H13N3O2. The van der Waals surface area contributed by atoms with Gasteiger partial charge in [0.15, 0.2) is 0 Å². The molecule has 2 N–H and O–H groups in total. The van der Waals surface area contributed by atoms with Crippen molar-refractivity contribution < 1.29 is 5.21 Å². The molecule has 0 saturated carbocycles. The number of H-pyrrole nitrogens is 1. The second kappa shape index (κ2) is 4.70. The number of oxime groups is 1. The van der Waals surface area contributed by atoms with E-state index in [2.05, 4.69) is 10.3 Å². The number of rotatable bonds is 2. The van der Waals surface area contributed by atoms with E-state index in [1.807, 2.05) is 42.5 Å². The fraction of sp³-hybridized carbons (Fsp3) is 0.0667. The van der Waals surface area contributed by atoms with Gasteiger partial charge in [-0.25, -0.2) is 4.68 Å². The van der Waals surface area contributed by atoms with Gasteiger partial charge in [-0.15, -0.1) is 0 Å². The largest absolute Gasteiger partial charge is 0.411 e. The summed E-state index contributed by atoms with van der Waals surface area (Å²) in [5.74, 6) is 0. The van der Waals surface area contributed by atoms with Crippen LogP contribution >= 0.6 is 0 Å². The first-order valence-electron chi connectivity index (χ1n) is 6.19. The van der Waals surface area contributed by atoms with Crippen LogP contribution in [0.4, 0.5) is 0 Å². The molecule has 0 saturated heterocycles. The fourth-order valence-electron chi connectivity index (χ4n) is 2.34. The third-order valence-corrected chi connectivity index (χ3v) is 3.31. The lowest BCUT2D eigenvalue weighted by atomic mass is 10.1. The highest BCUT2D eigenvalue weighted by atomic mass is 16.4. The Bertz CT molecular complexity index is 854. The molecule has 0 aliphatic rings. The first-order chi connectivity index (χ1) is 9.72. The van der Waals surface area contributed by atoms with Crippen molar-refractivity contribution in [1.29, 1.82) is 0 Å². The van der Waals surface area contributed by atoms with Gasteiger partial charge in [0.1, 0.15) is 0 Å². The Balaban J connectivity index is 2.32. The monoisotopic (exact) mass is 267 g/mol. The third kappa shape index (κ3) is 1.80. The highest BCUT2D eigenvalue weighted by Crippen LogP contribution is 2.20. The summed E-state index contributed by atoms with van der Waals surface area (Å²) >= 11 is 0. The van der Waals surface area contributed by atoms with E-state index in [1.54, 1.807) is 6.92 Å². The van der Waals surface area contributed by atoms with Crippen molar-refractivity contribution in [2.75, 3.05) is 0 Å². The highest BCUT2D eigenvalue weighted by Gasteiger charge is 2.12. The average Bonchev–Trinajstić information content (AvgIpc) is 2.75. The number of hydrogen-bond donors (Lipinski definition) is 2. The molecule has 3 rings (SSSR count). The zero-order chi connectivity index (χ0) is 14.1. The molecule has 0 fully saturated rings. The van der Waals surface area contributed by atoms with Crippen molar-refractivity contribution in [3.05, 3.63) is 64.1 Å². The Hall–Kier alpha value is -2.82. The molecule has 0 unspecified atom stereocenters. The van der Waals surface area contributed by atoms with Crippen LogP contribution < -0.4 is 5.56 Å². The SMILES string of the molecule is Cc1[nH]n(-c2cccc3ccccc23)c(=O)c1/C=N/O. The van der Waals surface area contributed by atoms with Gasteiger partial charge in [-0.1, -0.05) is 41.6 Å². The quantitative estimate of drug-likeness (QED) is 0.425. The summed E-state index contributed by atoms with van der Waals surface area (Å²) in [6.45, 7) is 1.76. The minimum atomic E-state index is -0.239. The zero-order valence-electron chi connectivity index (χ0n) is 10.9. The van der Waals surface area contributed by atoms with Crippen LogP contribution in [0.3, 0.4) is 0 Å². The van der Waals surface area contributed by atoms with Crippen molar-refractivity contribution in [2.24, 2.45) is 5.16 Å². The average molecular weight is 267 g/mol. The number of benzene rings is 2. The maximum atomic E-state index is 12.4. The highest BCUT2D eigenvalue weighted by molar-refractivity contribution is 5.90. The van der Waals surface area contributed by atoms with Crippen LogP contribution in [0.5, 0.6) is 0 Å². The van der Waals surface area contributed by atoms with Crippen LogP contribution in [0.1, 0.15) is 11.3 Å². The Morgan fingerprint density at radius 2 is 1.95 bits per heavy atom. The summed E-state index contributed by atoms with van der Waals surface area (Å²) < 4.78 is 1.47. The van der Waals surface area contributed by atoms with Crippen molar-refractivity contribution in [3.63, 3.8) is 0 Å². The predicted molar refractivity (Wildman–Crippen MR) is 78.0 cm³/mol. The van der Waals surface area contributed by atoms with E-state index in [4.69, 9.17) is 5.21 Å². The van der Waals surface area contributed by atoms with Gasteiger partial charge >= 0.3 is 0 Å². The molecule has 1 heterocycles. The van der Waals surface area contributed by atoms with Crippen LogP contribution in [-0.2, 0) is 0 Å². The Labute approximate surface area is 114 Å². The lowest BCUT2D eigenvalue weighted by Gasteiger charge is -2.06. The van der Waals surface area contributed by atoms with E-state index in [0.29, 0.717) is 11.3 Å². The molecule has 20 heavy (non-hydrogen) atoms. The Morgan fingerprint density at radius 3 is 2.75 bits per heavy atom. The summed E-state index contributed by atoms with van der Waals surface area (Å²) in [6.07, 6.45) is 1.15. The van der Waals surface area contributed by atoms with Crippen LogP contribution in [0.15, 0.2) is 52.4 Å². The summed E-state index contributed by atoms with van der Waals surface area (Å²) in [5.41, 5.74) is 1.53. The van der Waals surface area contributed by atoms with E-state index in [1.165, 1.54) is 4.68 Å². The lowest BCUT2D eigenvalue weighted by molar-refractivity contribution is 0.322. The minimum Gasteiger partial charge on any atom is -0.411 e. The van der Waals surface area contributed by atoms with Gasteiger partial charge in [0.25, 0.3) is 5.56 Å². The Kier molecular flexibility index (Phi) is 2.87. The van der Waals surface area contributed by atoms with Gasteiger partial charge < -0.3 is 5.21 Å². The maximum absolute atomic E-state index is 12.4. The summed E-state index contributed by atoms with van der Waals surface area (Å²) in [4.78, 5) is 12.4. The smallest absolute Gasteiger partial charge is 0.280 e. The first-order valence-corrected chi connectivity index (χ1v) is 6.19. The topological polar surface area (TPSA) is 70.4 Å². The van der Waals surface area contributed by atoms with Gasteiger partial charge in [-0.2, -0.15) is 0 Å². The van der Waals surface area contributed by atoms with Crippen molar-refractivity contribution in [2.45, 2.75) is 6.92 Å². The van der Waals surface area contributed by atoms with Crippen molar-refractivity contribution in [1.82, 2.24) is 9.78 Å². The summed E-state index contributed by atoms with van der Waals surface area (Å²) in [7, 11) is 0. The number of aromatic amines is 1. The molecule has 0 radical (unpaired) electrons. The second-order valence-corrected chi connectivity index (χ2v) is 4.53. The number of nitrogens with one attached hydrogen (secondary N) is 1. The van der Waals surface area contributed by atoms with E-state index < -0.39 is 0 Å². The van der Waals surface area contributed by atoms with Gasteiger partial charge in [0.2, 0.25) is 0 Å². The van der Waals surface area contributed by atoms with Gasteiger partial charge in [-0.3, -0.25) is 9.89 Å². The molecule has 0 aliphatic carbocycles. The van der Waals surface area contributed by atoms with Crippen molar-refractivity contribution >= 4 is 17.0 Å². The molecule has 3 aromatic rings. The second-order valence-electron chi connectivity index (χ2n) is 4.53. The molecule has 0 aliphatic heterocycles. The van der Waals surface area contributed by atoms with Gasteiger partial charge in [0, 0.05) is 11.1 Å². The van der Waals surface area contributed by atoms with E-state index in [0.717, 1.165) is 22.7 Å². The number of aromatic nitrogens is 2. The van der Waals surface area contributed by atoms with E-state index >= 15 is 0 Å². The molecule has 0 amide bonds. The number of nitrogens with zero attached hydrogens (tertiary/aromatic N) is 2. The number of aryl methyl sites for hydroxylation is 1. The molecule has 0 bridgehead atoms. The molecule has 5 nitrogen and oxygen atoms in total. The van der Waals surface area contributed by atoms with E-state index in [9.17, 15) is 4.79 Å². The molecular weight excluding hydrogens is 254 g/mol. The number of fused-ring (bicyclic) bond motifs is 1. The normalized spacial score (nSPS) is 11.4. The summed E-state index contributed by atoms with van der Waals surface area (Å²) in [6, 6.07) is 13.6. The third-order valence-electron chi connectivity index (χ3n) is 3.31. The lowest BCUT2D eigenvalue weighted by Crippen LogP contribution is -2.17. The van der Waals surface area contributed by atoms with Crippen molar-refractivity contribution in [3.8, 4) is 5.69 Å². The first kappa shape index (κ1) is 12.2. The zero-order valence-corrected chi connectivity index (χ0v) is 10.9. The molecule has 0 spiro atoms. The van der Waals surface area contributed by atoms with Crippen LogP contribution in [-0.4, -0.2) is 21.2 Å². The van der Waals surface area contributed by atoms with Gasteiger partial charge in [-0.05, 0) is 18.4 Å². The van der Waals surface area contributed by atoms with Crippen LogP contribution in [0.2, 0.25) is 0 Å². The molecule has 2 aromatic carbocycles. The summed E-state index contributed by atoms with van der Waals surface area (Å²) in [5, 5.41) is 16.6. The standard InChI is InChI=1S/C15H13N3O2/c1-10-13(9-16-20)15(19)18(17-10)14-8-4-6-11-5-2-3-7-12(11)14/h2-9,17,20H,1H3/b16-9+. The molecule has 0 atom stereocenters. The fourth-order valence-corrected chi connectivity index (χ4v) is 2.34. The van der Waals surface area contributed by atoms with Crippen LogP contribution in [0, 0.1) is 6.92 Å². The molecule has 1 aromatic heterocycles. The Morgan fingerprint density at radius 1 is 1.20 bits per heavy atom. The van der Waals surface area contributed by atoms with Gasteiger partial charge in [0.05, 0.1) is 17.5 Å². The maximum Gasteiger partial charge on any atom is 0.280 e. The molecule has 100 valence electrons. The predicted octanol–water partition coefficient (Wildman–Crippen LogP) is 2.44. The van der Waals surface area contributed by atoms with E-state index in [-0.39, 0.29) is 5.56 Å². The minimum absolute atomic E-state index is 0.239.